The van der Waals surface area contributed by atoms with Gasteiger partial charge >= 0.3 is 6.09 Å². The Balaban J connectivity index is 1.62. The van der Waals surface area contributed by atoms with E-state index in [0.29, 0.717) is 12.0 Å². The molecule has 0 aromatic heterocycles. The highest BCUT2D eigenvalue weighted by Crippen LogP contribution is 2.36. The van der Waals surface area contributed by atoms with E-state index >= 15 is 0 Å². The van der Waals surface area contributed by atoms with Gasteiger partial charge in [0.1, 0.15) is 6.61 Å². The van der Waals surface area contributed by atoms with Crippen LogP contribution in [0.15, 0.2) is 94.7 Å². The lowest BCUT2D eigenvalue weighted by atomic mass is 10.1. The van der Waals surface area contributed by atoms with Crippen LogP contribution in [0.2, 0.25) is 0 Å². The van der Waals surface area contributed by atoms with Gasteiger partial charge in [0.2, 0.25) is 0 Å². The zero-order valence-corrected chi connectivity index (χ0v) is 18.9. The lowest BCUT2D eigenvalue weighted by Gasteiger charge is -2.25. The third kappa shape index (κ3) is 4.60. The van der Waals surface area contributed by atoms with E-state index in [-0.39, 0.29) is 11.5 Å². The van der Waals surface area contributed by atoms with Gasteiger partial charge in [0.15, 0.2) is 9.84 Å². The molecule has 5 nitrogen and oxygen atoms in total. The predicted octanol–water partition coefficient (Wildman–Crippen LogP) is 5.44. The van der Waals surface area contributed by atoms with Gasteiger partial charge in [-0.2, -0.15) is 0 Å². The Bertz CT molecular complexity index is 1250. The summed E-state index contributed by atoms with van der Waals surface area (Å²) in [5, 5.41) is 1.27. The van der Waals surface area contributed by atoms with Crippen LogP contribution in [0, 0.1) is 6.92 Å². The Hall–Kier alpha value is -3.38. The van der Waals surface area contributed by atoms with Gasteiger partial charge in [-0.1, -0.05) is 66.2 Å². The van der Waals surface area contributed by atoms with E-state index in [0.717, 1.165) is 22.4 Å². The zero-order chi connectivity index (χ0) is 22.7. The van der Waals surface area contributed by atoms with E-state index in [4.69, 9.17) is 4.74 Å². The standard InChI is InChI=1S/C26H25NO4S/c1-19-12-14-23(15-13-19)32(29,30)18-20(2)25-16-22-10-6-7-11-24(22)27(25)26(28)31-17-21-8-4-3-5-9-21/h3-15,18,25H,16-17H2,1-2H3/b20-18+. The quantitative estimate of drug-likeness (QED) is 0.522. The monoisotopic (exact) mass is 447 g/mol. The maximum absolute atomic E-state index is 13.1. The first-order chi connectivity index (χ1) is 15.3. The third-order valence-electron chi connectivity index (χ3n) is 5.59. The number of sulfone groups is 1. The van der Waals surface area contributed by atoms with Gasteiger partial charge < -0.3 is 4.74 Å². The third-order valence-corrected chi connectivity index (χ3v) is 7.21. The van der Waals surface area contributed by atoms with Crippen molar-refractivity contribution in [1.29, 1.82) is 0 Å². The number of nitrogens with zero attached hydrogens (tertiary/aromatic N) is 1. The Morgan fingerprint density at radius 3 is 2.38 bits per heavy atom. The van der Waals surface area contributed by atoms with Crippen LogP contribution in [-0.4, -0.2) is 20.6 Å². The van der Waals surface area contributed by atoms with Crippen molar-refractivity contribution in [1.82, 2.24) is 0 Å². The van der Waals surface area contributed by atoms with Crippen molar-refractivity contribution in [2.75, 3.05) is 4.90 Å². The van der Waals surface area contributed by atoms with Gasteiger partial charge in [-0.05, 0) is 55.2 Å². The molecule has 1 heterocycles. The summed E-state index contributed by atoms with van der Waals surface area (Å²) in [6.07, 6.45) is 0.0341. The fourth-order valence-electron chi connectivity index (χ4n) is 3.88. The van der Waals surface area contributed by atoms with E-state index < -0.39 is 22.0 Å². The van der Waals surface area contributed by atoms with E-state index in [9.17, 15) is 13.2 Å². The fraction of sp³-hybridized carbons (Fsp3) is 0.192. The van der Waals surface area contributed by atoms with Crippen LogP contribution in [0.25, 0.3) is 0 Å². The molecule has 1 amide bonds. The van der Waals surface area contributed by atoms with Crippen molar-refractivity contribution >= 4 is 21.6 Å². The molecule has 1 unspecified atom stereocenters. The van der Waals surface area contributed by atoms with E-state index in [1.165, 1.54) is 5.41 Å². The molecule has 3 aromatic rings. The molecule has 0 N–H and O–H groups in total. The van der Waals surface area contributed by atoms with Gasteiger partial charge in [-0.15, -0.1) is 0 Å². The Kier molecular flexibility index (Phi) is 6.15. The molecule has 6 heteroatoms. The highest BCUT2D eigenvalue weighted by Gasteiger charge is 2.36. The van der Waals surface area contributed by atoms with Crippen molar-refractivity contribution in [3.63, 3.8) is 0 Å². The van der Waals surface area contributed by atoms with Crippen molar-refractivity contribution in [3.05, 3.63) is 107 Å². The minimum absolute atomic E-state index is 0.148. The molecular weight excluding hydrogens is 422 g/mol. The summed E-state index contributed by atoms with van der Waals surface area (Å²) < 4.78 is 31.5. The minimum atomic E-state index is -3.65. The van der Waals surface area contributed by atoms with E-state index in [2.05, 4.69) is 0 Å². The van der Waals surface area contributed by atoms with Crippen LogP contribution in [0.5, 0.6) is 0 Å². The minimum Gasteiger partial charge on any atom is -0.444 e. The second-order valence-electron chi connectivity index (χ2n) is 7.98. The molecular formula is C26H25NO4S. The van der Waals surface area contributed by atoms with E-state index in [1.54, 1.807) is 36.1 Å². The molecule has 1 atom stereocenters. The molecule has 0 saturated heterocycles. The van der Waals surface area contributed by atoms with Crippen LogP contribution < -0.4 is 4.90 Å². The summed E-state index contributed by atoms with van der Waals surface area (Å²) in [5.41, 5.74) is 4.19. The largest absolute Gasteiger partial charge is 0.444 e. The maximum Gasteiger partial charge on any atom is 0.415 e. The lowest BCUT2D eigenvalue weighted by molar-refractivity contribution is 0.146. The average molecular weight is 448 g/mol. The van der Waals surface area contributed by atoms with Gasteiger partial charge in [0.25, 0.3) is 0 Å². The molecule has 0 bridgehead atoms. The van der Waals surface area contributed by atoms with Crippen LogP contribution in [0.3, 0.4) is 0 Å². The van der Waals surface area contributed by atoms with Crippen LogP contribution in [0.4, 0.5) is 10.5 Å². The number of benzene rings is 3. The van der Waals surface area contributed by atoms with Gasteiger partial charge in [-0.25, -0.2) is 13.2 Å². The number of carbonyl (C=O) groups is 1. The Morgan fingerprint density at radius 2 is 1.66 bits per heavy atom. The SMILES string of the molecule is C/C(=C\S(=O)(=O)c1ccc(C)cc1)C1Cc2ccccc2N1C(=O)OCc1ccccc1. The second kappa shape index (κ2) is 9.01. The molecule has 3 aromatic carbocycles. The summed E-state index contributed by atoms with van der Waals surface area (Å²) >= 11 is 0. The normalized spacial score (nSPS) is 16.0. The first-order valence-corrected chi connectivity index (χ1v) is 12.0. The Morgan fingerprint density at radius 1 is 1.00 bits per heavy atom. The molecule has 1 aliphatic heterocycles. The number of aryl methyl sites for hydroxylation is 1. The zero-order valence-electron chi connectivity index (χ0n) is 18.1. The fourth-order valence-corrected chi connectivity index (χ4v) is 5.18. The number of hydrogen-bond acceptors (Lipinski definition) is 4. The van der Waals surface area contributed by atoms with Crippen LogP contribution in [0.1, 0.15) is 23.6 Å². The molecule has 0 spiro atoms. The lowest BCUT2D eigenvalue weighted by Crippen LogP contribution is -2.39. The first kappa shape index (κ1) is 21.8. The van der Waals surface area contributed by atoms with Gasteiger partial charge in [0.05, 0.1) is 16.6 Å². The topological polar surface area (TPSA) is 63.7 Å². The number of hydrogen-bond donors (Lipinski definition) is 0. The van der Waals surface area contributed by atoms with Crippen LogP contribution >= 0.6 is 0 Å². The smallest absolute Gasteiger partial charge is 0.415 e. The molecule has 1 aliphatic rings. The number of rotatable bonds is 5. The highest BCUT2D eigenvalue weighted by molar-refractivity contribution is 7.94. The molecule has 0 fully saturated rings. The first-order valence-electron chi connectivity index (χ1n) is 10.4. The van der Waals surface area contributed by atoms with Crippen LogP contribution in [-0.2, 0) is 27.6 Å². The maximum atomic E-state index is 13.1. The Labute approximate surface area is 188 Å². The van der Waals surface area contributed by atoms with Crippen molar-refractivity contribution in [3.8, 4) is 0 Å². The number of amides is 1. The van der Waals surface area contributed by atoms with E-state index in [1.807, 2.05) is 61.5 Å². The molecule has 4 rings (SSSR count). The molecule has 164 valence electrons. The summed E-state index contributed by atoms with van der Waals surface area (Å²) in [7, 11) is -3.65. The summed E-state index contributed by atoms with van der Waals surface area (Å²) in [6, 6.07) is 23.4. The number of anilines is 1. The molecule has 0 radical (unpaired) electrons. The molecule has 0 aliphatic carbocycles. The highest BCUT2D eigenvalue weighted by atomic mass is 32.2. The van der Waals surface area contributed by atoms with Gasteiger partial charge in [-0.3, -0.25) is 4.90 Å². The number of para-hydroxylation sites is 1. The number of ether oxygens (including phenoxy) is 1. The van der Waals surface area contributed by atoms with Gasteiger partial charge in [0, 0.05) is 5.41 Å². The molecule has 0 saturated carbocycles. The molecule has 32 heavy (non-hydrogen) atoms. The summed E-state index contributed by atoms with van der Waals surface area (Å²) in [4.78, 5) is 14.9. The predicted molar refractivity (Wildman–Crippen MR) is 125 cm³/mol. The average Bonchev–Trinajstić information content (AvgIpc) is 3.18. The summed E-state index contributed by atoms with van der Waals surface area (Å²) in [5.74, 6) is 0. The van der Waals surface area contributed by atoms with Crippen molar-refractivity contribution in [2.45, 2.75) is 37.8 Å². The van der Waals surface area contributed by atoms with Crippen molar-refractivity contribution in [2.24, 2.45) is 0 Å². The number of carbonyl (C=O) groups excluding carboxylic acids is 1. The summed E-state index contributed by atoms with van der Waals surface area (Å²) in [6.45, 7) is 3.81. The van der Waals surface area contributed by atoms with Crippen molar-refractivity contribution < 1.29 is 17.9 Å². The number of fused-ring (bicyclic) bond motifs is 1. The second-order valence-corrected chi connectivity index (χ2v) is 9.78.